The number of benzene rings is 1. The van der Waals surface area contributed by atoms with E-state index in [9.17, 15) is 9.00 Å². The van der Waals surface area contributed by atoms with Crippen LogP contribution in [0.3, 0.4) is 0 Å². The standard InChI is InChI=1S/C12H17ClN2O2S/c1-8-5-4-6-10(13)11(8)15-12(16)14-9(2)7-18(3)17/h4-6,9H,7H2,1-3H3,(H2,14,15,16). The summed E-state index contributed by atoms with van der Waals surface area (Å²) < 4.78 is 11.0. The van der Waals surface area contributed by atoms with Gasteiger partial charge >= 0.3 is 6.03 Å². The highest BCUT2D eigenvalue weighted by molar-refractivity contribution is 7.84. The molecule has 0 saturated carbocycles. The number of rotatable bonds is 4. The van der Waals surface area contributed by atoms with Gasteiger partial charge in [0.15, 0.2) is 0 Å². The van der Waals surface area contributed by atoms with Crippen molar-refractivity contribution in [2.75, 3.05) is 17.3 Å². The SMILES string of the molecule is Cc1cccc(Cl)c1NC(=O)NC(C)CS(C)=O. The molecule has 0 saturated heterocycles. The third-order valence-electron chi connectivity index (χ3n) is 2.32. The minimum absolute atomic E-state index is 0.154. The number of carbonyl (C=O) groups is 1. The molecule has 6 heteroatoms. The van der Waals surface area contributed by atoms with Crippen molar-refractivity contribution in [1.82, 2.24) is 5.32 Å². The van der Waals surface area contributed by atoms with E-state index in [0.29, 0.717) is 16.5 Å². The van der Waals surface area contributed by atoms with Crippen LogP contribution in [-0.2, 0) is 10.8 Å². The molecule has 2 amide bonds. The van der Waals surface area contributed by atoms with Gasteiger partial charge < -0.3 is 10.6 Å². The lowest BCUT2D eigenvalue weighted by Gasteiger charge is -2.15. The summed E-state index contributed by atoms with van der Waals surface area (Å²) in [6.07, 6.45) is 1.61. The fourth-order valence-corrected chi connectivity index (χ4v) is 2.61. The summed E-state index contributed by atoms with van der Waals surface area (Å²) >= 11 is 6.00. The second-order valence-electron chi connectivity index (χ2n) is 4.17. The zero-order valence-electron chi connectivity index (χ0n) is 10.6. The average Bonchev–Trinajstić information content (AvgIpc) is 2.22. The number of nitrogens with one attached hydrogen (secondary N) is 2. The first-order valence-corrected chi connectivity index (χ1v) is 7.63. The predicted molar refractivity (Wildman–Crippen MR) is 76.7 cm³/mol. The summed E-state index contributed by atoms with van der Waals surface area (Å²) in [5.74, 6) is 0.426. The van der Waals surface area contributed by atoms with Gasteiger partial charge in [-0.05, 0) is 25.5 Å². The number of aryl methyl sites for hydroxylation is 1. The Balaban J connectivity index is 2.62. The fraction of sp³-hybridized carbons (Fsp3) is 0.417. The normalized spacial score (nSPS) is 13.8. The third kappa shape index (κ3) is 4.66. The molecule has 2 N–H and O–H groups in total. The van der Waals surface area contributed by atoms with E-state index in [4.69, 9.17) is 11.6 Å². The first-order chi connectivity index (χ1) is 8.40. The fourth-order valence-electron chi connectivity index (χ4n) is 1.56. The van der Waals surface area contributed by atoms with Crippen LogP contribution in [0.15, 0.2) is 18.2 Å². The highest BCUT2D eigenvalue weighted by Gasteiger charge is 2.11. The van der Waals surface area contributed by atoms with Crippen molar-refractivity contribution >= 4 is 34.1 Å². The van der Waals surface area contributed by atoms with Crippen molar-refractivity contribution in [2.45, 2.75) is 19.9 Å². The van der Waals surface area contributed by atoms with E-state index in [1.54, 1.807) is 19.2 Å². The number of anilines is 1. The summed E-state index contributed by atoms with van der Waals surface area (Å²) in [5.41, 5.74) is 1.49. The van der Waals surface area contributed by atoms with Gasteiger partial charge in [0.25, 0.3) is 0 Å². The van der Waals surface area contributed by atoms with Gasteiger partial charge in [-0.1, -0.05) is 23.7 Å². The topological polar surface area (TPSA) is 58.2 Å². The molecule has 0 aliphatic heterocycles. The van der Waals surface area contributed by atoms with Crippen molar-refractivity contribution in [3.05, 3.63) is 28.8 Å². The molecule has 18 heavy (non-hydrogen) atoms. The van der Waals surface area contributed by atoms with Gasteiger partial charge in [-0.2, -0.15) is 0 Å². The number of carbonyl (C=O) groups excluding carboxylic acids is 1. The maximum absolute atomic E-state index is 11.7. The van der Waals surface area contributed by atoms with Crippen LogP contribution in [0.25, 0.3) is 0 Å². The van der Waals surface area contributed by atoms with Gasteiger partial charge in [-0.25, -0.2) is 4.79 Å². The summed E-state index contributed by atoms with van der Waals surface area (Å²) in [7, 11) is -0.936. The molecule has 0 spiro atoms. The van der Waals surface area contributed by atoms with Crippen LogP contribution < -0.4 is 10.6 Å². The lowest BCUT2D eigenvalue weighted by atomic mass is 10.2. The van der Waals surface area contributed by atoms with E-state index in [2.05, 4.69) is 10.6 Å². The predicted octanol–water partition coefficient (Wildman–Crippen LogP) is 2.54. The maximum atomic E-state index is 11.7. The van der Waals surface area contributed by atoms with Gasteiger partial charge in [0.1, 0.15) is 0 Å². The largest absolute Gasteiger partial charge is 0.334 e. The van der Waals surface area contributed by atoms with E-state index in [0.717, 1.165) is 5.56 Å². The van der Waals surface area contributed by atoms with Crippen molar-refractivity contribution in [3.63, 3.8) is 0 Å². The van der Waals surface area contributed by atoms with Crippen LogP contribution in [0.1, 0.15) is 12.5 Å². The number of urea groups is 1. The van der Waals surface area contributed by atoms with Crippen LogP contribution in [-0.4, -0.2) is 28.3 Å². The molecule has 2 unspecified atom stereocenters. The van der Waals surface area contributed by atoms with Crippen LogP contribution in [0.2, 0.25) is 5.02 Å². The number of para-hydroxylation sites is 1. The van der Waals surface area contributed by atoms with Crippen molar-refractivity contribution in [2.24, 2.45) is 0 Å². The molecule has 0 bridgehead atoms. The Kier molecular flexibility index (Phi) is 5.62. The molecule has 1 aromatic carbocycles. The Labute approximate surface area is 115 Å². The van der Waals surface area contributed by atoms with Crippen LogP contribution >= 0.6 is 11.6 Å². The van der Waals surface area contributed by atoms with Gasteiger partial charge in [0, 0.05) is 28.9 Å². The quantitative estimate of drug-likeness (QED) is 0.894. The molecule has 1 rings (SSSR count). The zero-order chi connectivity index (χ0) is 13.7. The van der Waals surface area contributed by atoms with Crippen LogP contribution in [0.5, 0.6) is 0 Å². The van der Waals surface area contributed by atoms with Crippen molar-refractivity contribution in [1.29, 1.82) is 0 Å². The molecule has 0 aliphatic carbocycles. The van der Waals surface area contributed by atoms with E-state index in [1.165, 1.54) is 0 Å². The third-order valence-corrected chi connectivity index (χ3v) is 3.61. The van der Waals surface area contributed by atoms with Crippen LogP contribution in [0, 0.1) is 6.92 Å². The van der Waals surface area contributed by atoms with Gasteiger partial charge in [0.05, 0.1) is 10.7 Å². The molecule has 1 aromatic rings. The second-order valence-corrected chi connectivity index (χ2v) is 6.06. The van der Waals surface area contributed by atoms with Crippen molar-refractivity contribution < 1.29 is 9.00 Å². The number of amides is 2. The van der Waals surface area contributed by atoms with Gasteiger partial charge in [0.2, 0.25) is 0 Å². The molecular weight excluding hydrogens is 272 g/mol. The summed E-state index contributed by atoms with van der Waals surface area (Å²) in [6, 6.07) is 4.91. The monoisotopic (exact) mass is 288 g/mol. The van der Waals surface area contributed by atoms with Gasteiger partial charge in [-0.3, -0.25) is 4.21 Å². The Morgan fingerprint density at radius 1 is 1.50 bits per heavy atom. The Hall–Kier alpha value is -1.07. The van der Waals surface area contributed by atoms with E-state index < -0.39 is 10.8 Å². The lowest BCUT2D eigenvalue weighted by Crippen LogP contribution is -2.39. The Morgan fingerprint density at radius 2 is 2.17 bits per heavy atom. The number of halogens is 1. The second kappa shape index (κ2) is 6.75. The molecule has 0 radical (unpaired) electrons. The zero-order valence-corrected chi connectivity index (χ0v) is 12.2. The maximum Gasteiger partial charge on any atom is 0.319 e. The molecule has 2 atom stereocenters. The molecule has 100 valence electrons. The van der Waals surface area contributed by atoms with E-state index in [-0.39, 0.29) is 12.1 Å². The first-order valence-electron chi connectivity index (χ1n) is 5.52. The van der Waals surface area contributed by atoms with E-state index >= 15 is 0 Å². The summed E-state index contributed by atoms with van der Waals surface area (Å²) in [6.45, 7) is 3.67. The lowest BCUT2D eigenvalue weighted by molar-refractivity contribution is 0.250. The van der Waals surface area contributed by atoms with Crippen molar-refractivity contribution in [3.8, 4) is 0 Å². The highest BCUT2D eigenvalue weighted by atomic mass is 35.5. The molecular formula is C12H17ClN2O2S. The minimum Gasteiger partial charge on any atom is -0.334 e. The Bertz CT molecular complexity index is 445. The first kappa shape index (κ1) is 15.0. The molecule has 0 aromatic heterocycles. The molecule has 0 aliphatic rings. The molecule has 4 nitrogen and oxygen atoms in total. The highest BCUT2D eigenvalue weighted by Crippen LogP contribution is 2.24. The van der Waals surface area contributed by atoms with E-state index in [1.807, 2.05) is 19.1 Å². The number of hydrogen-bond donors (Lipinski definition) is 2. The minimum atomic E-state index is -0.936. The number of hydrogen-bond acceptors (Lipinski definition) is 2. The smallest absolute Gasteiger partial charge is 0.319 e. The molecule has 0 heterocycles. The average molecular weight is 289 g/mol. The van der Waals surface area contributed by atoms with Crippen LogP contribution in [0.4, 0.5) is 10.5 Å². The summed E-state index contributed by atoms with van der Waals surface area (Å²) in [5, 5.41) is 5.91. The van der Waals surface area contributed by atoms with Gasteiger partial charge in [-0.15, -0.1) is 0 Å². The summed E-state index contributed by atoms with van der Waals surface area (Å²) in [4.78, 5) is 11.7. The Morgan fingerprint density at radius 3 is 2.72 bits per heavy atom. The molecule has 0 fully saturated rings.